The van der Waals surface area contributed by atoms with Crippen molar-refractivity contribution >= 4 is 11.7 Å². The van der Waals surface area contributed by atoms with Crippen LogP contribution in [0.3, 0.4) is 0 Å². The molecule has 0 bridgehead atoms. The van der Waals surface area contributed by atoms with E-state index in [0.29, 0.717) is 12.2 Å². The third-order valence-electron chi connectivity index (χ3n) is 3.19. The zero-order valence-electron chi connectivity index (χ0n) is 12.3. The summed E-state index contributed by atoms with van der Waals surface area (Å²) in [5, 5.41) is 3.33. The van der Waals surface area contributed by atoms with E-state index in [-0.39, 0.29) is 5.97 Å². The number of rotatable bonds is 7. The van der Waals surface area contributed by atoms with E-state index in [0.717, 1.165) is 25.1 Å². The van der Waals surface area contributed by atoms with Crippen LogP contribution in [0.4, 0.5) is 5.69 Å². The summed E-state index contributed by atoms with van der Waals surface area (Å²) < 4.78 is 5.18. The van der Waals surface area contributed by atoms with Gasteiger partial charge in [-0.25, -0.2) is 4.79 Å². The van der Waals surface area contributed by atoms with Crippen molar-refractivity contribution in [3.05, 3.63) is 65.7 Å². The minimum absolute atomic E-state index is 0.252. The summed E-state index contributed by atoms with van der Waals surface area (Å²) in [6, 6.07) is 17.6. The van der Waals surface area contributed by atoms with Gasteiger partial charge in [0, 0.05) is 12.2 Å². The predicted octanol–water partition coefficient (Wildman–Crippen LogP) is 4.26. The third-order valence-corrected chi connectivity index (χ3v) is 3.19. The third kappa shape index (κ3) is 4.95. The summed E-state index contributed by atoms with van der Waals surface area (Å²) in [6.07, 6.45) is 1.93. The van der Waals surface area contributed by atoms with Crippen LogP contribution in [0.2, 0.25) is 0 Å². The van der Waals surface area contributed by atoms with Crippen LogP contribution in [0.25, 0.3) is 0 Å². The molecular weight excluding hydrogens is 262 g/mol. The van der Waals surface area contributed by atoms with Crippen LogP contribution in [0, 0.1) is 0 Å². The molecule has 110 valence electrons. The zero-order valence-corrected chi connectivity index (χ0v) is 12.3. The van der Waals surface area contributed by atoms with E-state index < -0.39 is 0 Å². The van der Waals surface area contributed by atoms with Crippen LogP contribution in [0.1, 0.15) is 35.7 Å². The van der Waals surface area contributed by atoms with Gasteiger partial charge in [-0.2, -0.15) is 0 Å². The average molecular weight is 283 g/mol. The van der Waals surface area contributed by atoms with E-state index in [1.807, 2.05) is 30.3 Å². The number of unbranched alkanes of at least 4 members (excludes halogenated alkanes) is 1. The molecule has 2 rings (SSSR count). The molecule has 3 nitrogen and oxygen atoms in total. The summed E-state index contributed by atoms with van der Waals surface area (Å²) in [5.41, 5.74) is 2.81. The molecule has 0 aliphatic carbocycles. The van der Waals surface area contributed by atoms with Crippen LogP contribution in [-0.4, -0.2) is 12.6 Å². The van der Waals surface area contributed by atoms with E-state index in [2.05, 4.69) is 24.4 Å². The molecule has 2 aromatic rings. The Hall–Kier alpha value is -2.29. The lowest BCUT2D eigenvalue weighted by Gasteiger charge is -2.08. The van der Waals surface area contributed by atoms with Gasteiger partial charge in [-0.05, 0) is 36.2 Å². The monoisotopic (exact) mass is 283 g/mol. The molecule has 0 saturated heterocycles. The quantitative estimate of drug-likeness (QED) is 0.609. The SMILES string of the molecule is CCCCOC(=O)c1ccc(NCc2ccccc2)cc1. The van der Waals surface area contributed by atoms with Crippen LogP contribution < -0.4 is 5.32 Å². The maximum absolute atomic E-state index is 11.8. The van der Waals surface area contributed by atoms with Gasteiger partial charge in [0.15, 0.2) is 0 Å². The maximum Gasteiger partial charge on any atom is 0.338 e. The number of carbonyl (C=O) groups is 1. The number of carbonyl (C=O) groups excluding carboxylic acids is 1. The van der Waals surface area contributed by atoms with Gasteiger partial charge in [0.2, 0.25) is 0 Å². The van der Waals surface area contributed by atoms with Gasteiger partial charge in [-0.1, -0.05) is 43.7 Å². The molecule has 0 amide bonds. The van der Waals surface area contributed by atoms with E-state index >= 15 is 0 Å². The van der Waals surface area contributed by atoms with Crippen LogP contribution >= 0.6 is 0 Å². The molecule has 0 atom stereocenters. The molecule has 0 heterocycles. The van der Waals surface area contributed by atoms with E-state index in [1.165, 1.54) is 5.56 Å². The van der Waals surface area contributed by atoms with Gasteiger partial charge < -0.3 is 10.1 Å². The maximum atomic E-state index is 11.8. The number of hydrogen-bond donors (Lipinski definition) is 1. The highest BCUT2D eigenvalue weighted by molar-refractivity contribution is 5.89. The molecule has 0 spiro atoms. The molecule has 0 aliphatic rings. The van der Waals surface area contributed by atoms with Gasteiger partial charge in [0.25, 0.3) is 0 Å². The fourth-order valence-electron chi connectivity index (χ4n) is 1.92. The highest BCUT2D eigenvalue weighted by Gasteiger charge is 2.06. The first-order chi connectivity index (χ1) is 10.3. The molecule has 2 aromatic carbocycles. The van der Waals surface area contributed by atoms with Crippen molar-refractivity contribution in [3.63, 3.8) is 0 Å². The number of benzene rings is 2. The number of hydrogen-bond acceptors (Lipinski definition) is 3. The normalized spacial score (nSPS) is 10.1. The van der Waals surface area contributed by atoms with Gasteiger partial charge in [0.05, 0.1) is 12.2 Å². The van der Waals surface area contributed by atoms with Crippen LogP contribution in [0.5, 0.6) is 0 Å². The van der Waals surface area contributed by atoms with Crippen molar-refractivity contribution in [1.82, 2.24) is 0 Å². The van der Waals surface area contributed by atoms with Gasteiger partial charge in [0.1, 0.15) is 0 Å². The van der Waals surface area contributed by atoms with Crippen molar-refractivity contribution in [2.24, 2.45) is 0 Å². The minimum atomic E-state index is -0.252. The lowest BCUT2D eigenvalue weighted by atomic mass is 10.2. The Balaban J connectivity index is 1.85. The Morgan fingerprint density at radius 2 is 1.76 bits per heavy atom. The first-order valence-corrected chi connectivity index (χ1v) is 7.34. The zero-order chi connectivity index (χ0) is 14.9. The molecular formula is C18H21NO2. The Labute approximate surface area is 126 Å². The highest BCUT2D eigenvalue weighted by Crippen LogP contribution is 2.12. The number of esters is 1. The fraction of sp³-hybridized carbons (Fsp3) is 0.278. The number of anilines is 1. The molecule has 0 aliphatic heterocycles. The average Bonchev–Trinajstić information content (AvgIpc) is 2.54. The van der Waals surface area contributed by atoms with Crippen LogP contribution in [0.15, 0.2) is 54.6 Å². The van der Waals surface area contributed by atoms with Crippen LogP contribution in [-0.2, 0) is 11.3 Å². The Morgan fingerprint density at radius 1 is 1.05 bits per heavy atom. The second-order valence-corrected chi connectivity index (χ2v) is 4.91. The minimum Gasteiger partial charge on any atom is -0.462 e. The molecule has 0 unspecified atom stereocenters. The molecule has 0 radical (unpaired) electrons. The van der Waals surface area contributed by atoms with Gasteiger partial charge in [-0.15, -0.1) is 0 Å². The van der Waals surface area contributed by atoms with Crippen molar-refractivity contribution in [3.8, 4) is 0 Å². The van der Waals surface area contributed by atoms with Crippen molar-refractivity contribution < 1.29 is 9.53 Å². The van der Waals surface area contributed by atoms with Gasteiger partial charge in [-0.3, -0.25) is 0 Å². The van der Waals surface area contributed by atoms with E-state index in [9.17, 15) is 4.79 Å². The Morgan fingerprint density at radius 3 is 2.43 bits per heavy atom. The number of nitrogens with one attached hydrogen (secondary N) is 1. The summed E-state index contributed by atoms with van der Waals surface area (Å²) in [4.78, 5) is 11.8. The van der Waals surface area contributed by atoms with Crippen molar-refractivity contribution in [1.29, 1.82) is 0 Å². The highest BCUT2D eigenvalue weighted by atomic mass is 16.5. The second kappa shape index (κ2) is 8.10. The van der Waals surface area contributed by atoms with E-state index in [4.69, 9.17) is 4.74 Å². The topological polar surface area (TPSA) is 38.3 Å². The number of ether oxygens (including phenoxy) is 1. The standard InChI is InChI=1S/C18H21NO2/c1-2-3-13-21-18(20)16-9-11-17(12-10-16)19-14-15-7-5-4-6-8-15/h4-12,19H,2-3,13-14H2,1H3. The van der Waals surface area contributed by atoms with Crippen molar-refractivity contribution in [2.75, 3.05) is 11.9 Å². The Kier molecular flexibility index (Phi) is 5.83. The summed E-state index contributed by atoms with van der Waals surface area (Å²) in [6.45, 7) is 3.32. The smallest absolute Gasteiger partial charge is 0.338 e. The molecule has 0 saturated carbocycles. The second-order valence-electron chi connectivity index (χ2n) is 4.91. The summed E-state index contributed by atoms with van der Waals surface area (Å²) in [5.74, 6) is -0.252. The first-order valence-electron chi connectivity index (χ1n) is 7.34. The molecule has 3 heteroatoms. The lowest BCUT2D eigenvalue weighted by molar-refractivity contribution is 0.0500. The van der Waals surface area contributed by atoms with Crippen molar-refractivity contribution in [2.45, 2.75) is 26.3 Å². The fourth-order valence-corrected chi connectivity index (χ4v) is 1.92. The summed E-state index contributed by atoms with van der Waals surface area (Å²) >= 11 is 0. The first kappa shape index (κ1) is 15.1. The lowest BCUT2D eigenvalue weighted by Crippen LogP contribution is -2.06. The molecule has 0 fully saturated rings. The molecule has 1 N–H and O–H groups in total. The summed E-state index contributed by atoms with van der Waals surface area (Å²) in [7, 11) is 0. The van der Waals surface area contributed by atoms with E-state index in [1.54, 1.807) is 12.1 Å². The predicted molar refractivity (Wildman–Crippen MR) is 85.4 cm³/mol. The Bertz CT molecular complexity index is 549. The molecule has 21 heavy (non-hydrogen) atoms. The van der Waals surface area contributed by atoms with Gasteiger partial charge >= 0.3 is 5.97 Å². The largest absolute Gasteiger partial charge is 0.462 e. The molecule has 0 aromatic heterocycles.